The van der Waals surface area contributed by atoms with E-state index in [1.54, 1.807) is 26.4 Å². The monoisotopic (exact) mass is 404 g/mol. The fraction of sp³-hybridized carbons (Fsp3) is 0.350. The topological polar surface area (TPSA) is 77.4 Å². The van der Waals surface area contributed by atoms with Crippen molar-refractivity contribution in [2.45, 2.75) is 19.4 Å². The Morgan fingerprint density at radius 3 is 2.43 bits per heavy atom. The zero-order chi connectivity index (χ0) is 20.3. The van der Waals surface area contributed by atoms with E-state index in [9.17, 15) is 8.42 Å². The Labute approximate surface area is 165 Å². The first-order valence-electron chi connectivity index (χ1n) is 8.90. The van der Waals surface area contributed by atoms with E-state index in [-0.39, 0.29) is 0 Å². The van der Waals surface area contributed by atoms with Gasteiger partial charge in [0.1, 0.15) is 5.75 Å². The molecular formula is C20H24N2O5S. The van der Waals surface area contributed by atoms with Crippen LogP contribution in [0.25, 0.3) is 0 Å². The molecule has 7 nitrogen and oxygen atoms in total. The minimum absolute atomic E-state index is 0.423. The van der Waals surface area contributed by atoms with Gasteiger partial charge in [-0.1, -0.05) is 18.2 Å². The number of ether oxygens (including phenoxy) is 3. The maximum Gasteiger partial charge on any atom is 0.247 e. The van der Waals surface area contributed by atoms with Crippen molar-refractivity contribution >= 4 is 15.7 Å². The van der Waals surface area contributed by atoms with E-state index in [2.05, 4.69) is 5.10 Å². The van der Waals surface area contributed by atoms with Crippen LogP contribution in [-0.2, 0) is 10.0 Å². The molecule has 0 N–H and O–H groups in total. The summed E-state index contributed by atoms with van der Waals surface area (Å²) in [5.74, 6) is 1.82. The fourth-order valence-corrected chi connectivity index (χ4v) is 4.16. The Hall–Kier alpha value is -2.74. The maximum atomic E-state index is 12.4. The van der Waals surface area contributed by atoms with Crippen LogP contribution in [0.4, 0.5) is 0 Å². The van der Waals surface area contributed by atoms with Gasteiger partial charge < -0.3 is 14.2 Å². The van der Waals surface area contributed by atoms with Crippen molar-refractivity contribution < 1.29 is 22.6 Å². The summed E-state index contributed by atoms with van der Waals surface area (Å²) in [5.41, 5.74) is 2.22. The van der Waals surface area contributed by atoms with E-state index >= 15 is 0 Å². The average molecular weight is 404 g/mol. The van der Waals surface area contributed by atoms with E-state index in [1.807, 2.05) is 37.3 Å². The second-order valence-electron chi connectivity index (χ2n) is 6.34. The van der Waals surface area contributed by atoms with Crippen LogP contribution in [0.1, 0.15) is 30.5 Å². The molecule has 2 aromatic rings. The Morgan fingerprint density at radius 2 is 1.79 bits per heavy atom. The van der Waals surface area contributed by atoms with E-state index in [4.69, 9.17) is 14.2 Å². The minimum Gasteiger partial charge on any atom is -0.494 e. The second kappa shape index (κ2) is 8.10. The molecule has 8 heteroatoms. The first-order valence-corrected chi connectivity index (χ1v) is 10.7. The summed E-state index contributed by atoms with van der Waals surface area (Å²) in [6, 6.07) is 12.4. The normalized spacial score (nSPS) is 16.6. The zero-order valence-corrected chi connectivity index (χ0v) is 17.2. The number of hydrazone groups is 1. The number of nitrogens with zero attached hydrogens (tertiary/aromatic N) is 2. The predicted molar refractivity (Wildman–Crippen MR) is 108 cm³/mol. The molecular weight excluding hydrogens is 380 g/mol. The molecule has 0 spiro atoms. The third-order valence-electron chi connectivity index (χ3n) is 4.51. The summed E-state index contributed by atoms with van der Waals surface area (Å²) in [7, 11) is -0.443. The molecule has 0 aliphatic carbocycles. The highest BCUT2D eigenvalue weighted by molar-refractivity contribution is 7.88. The molecule has 1 heterocycles. The number of rotatable bonds is 7. The van der Waals surface area contributed by atoms with Gasteiger partial charge in [0.15, 0.2) is 11.5 Å². The van der Waals surface area contributed by atoms with Crippen LogP contribution in [0.3, 0.4) is 0 Å². The third kappa shape index (κ3) is 3.91. The average Bonchev–Trinajstić information content (AvgIpc) is 3.14. The SMILES string of the molecule is CCOc1ccccc1C1CC(c2ccc(OC)c(OC)c2)=NN1S(C)(=O)=O. The molecule has 0 saturated carbocycles. The smallest absolute Gasteiger partial charge is 0.247 e. The zero-order valence-electron chi connectivity index (χ0n) is 16.4. The molecule has 2 aromatic carbocycles. The quantitative estimate of drug-likeness (QED) is 0.708. The van der Waals surface area contributed by atoms with Crippen molar-refractivity contribution in [2.24, 2.45) is 5.10 Å². The highest BCUT2D eigenvalue weighted by atomic mass is 32.2. The van der Waals surface area contributed by atoms with Gasteiger partial charge >= 0.3 is 0 Å². The van der Waals surface area contributed by atoms with Gasteiger partial charge in [0.2, 0.25) is 10.0 Å². The molecule has 150 valence electrons. The molecule has 0 amide bonds. The Bertz CT molecular complexity index is 988. The largest absolute Gasteiger partial charge is 0.494 e. The predicted octanol–water partition coefficient (Wildman–Crippen LogP) is 3.21. The number of hydrogen-bond acceptors (Lipinski definition) is 6. The van der Waals surface area contributed by atoms with Crippen LogP contribution >= 0.6 is 0 Å². The summed E-state index contributed by atoms with van der Waals surface area (Å²) >= 11 is 0. The third-order valence-corrected chi connectivity index (χ3v) is 5.52. The van der Waals surface area contributed by atoms with Gasteiger partial charge in [-0.15, -0.1) is 0 Å². The van der Waals surface area contributed by atoms with Crippen molar-refractivity contribution in [1.82, 2.24) is 4.41 Å². The number of methoxy groups -OCH3 is 2. The molecule has 3 rings (SSSR count). The molecule has 0 fully saturated rings. The lowest BCUT2D eigenvalue weighted by molar-refractivity contribution is 0.317. The molecule has 1 aliphatic rings. The molecule has 0 radical (unpaired) electrons. The summed E-state index contributed by atoms with van der Waals surface area (Å²) < 4.78 is 42.3. The number of para-hydroxylation sites is 1. The Kier molecular flexibility index (Phi) is 5.79. The van der Waals surface area contributed by atoms with Crippen molar-refractivity contribution in [2.75, 3.05) is 27.1 Å². The van der Waals surface area contributed by atoms with E-state index in [0.29, 0.717) is 36.0 Å². The standard InChI is InChI=1S/C20H24N2O5S/c1-5-27-18-9-7-6-8-15(18)17-13-16(21-22(17)28(4,23)24)14-10-11-19(25-2)20(12-14)26-3/h6-12,17H,5,13H2,1-4H3. The Morgan fingerprint density at radius 1 is 1.07 bits per heavy atom. The maximum absolute atomic E-state index is 12.4. The van der Waals surface area contributed by atoms with Crippen LogP contribution in [0, 0.1) is 0 Å². The fourth-order valence-electron chi connectivity index (χ4n) is 3.26. The molecule has 0 bridgehead atoms. The van der Waals surface area contributed by atoms with Crippen LogP contribution in [-0.4, -0.2) is 45.6 Å². The molecule has 28 heavy (non-hydrogen) atoms. The van der Waals surface area contributed by atoms with E-state index in [1.165, 1.54) is 0 Å². The summed E-state index contributed by atoms with van der Waals surface area (Å²) in [6.07, 6.45) is 1.58. The second-order valence-corrected chi connectivity index (χ2v) is 8.18. The van der Waals surface area contributed by atoms with Gasteiger partial charge in [0.25, 0.3) is 0 Å². The highest BCUT2D eigenvalue weighted by Crippen LogP contribution is 2.39. The van der Waals surface area contributed by atoms with Gasteiger partial charge in [-0.3, -0.25) is 0 Å². The first-order chi connectivity index (χ1) is 13.4. The van der Waals surface area contributed by atoms with E-state index in [0.717, 1.165) is 21.8 Å². The van der Waals surface area contributed by atoms with Gasteiger partial charge in [-0.05, 0) is 31.2 Å². The van der Waals surface area contributed by atoms with Crippen LogP contribution in [0.2, 0.25) is 0 Å². The number of benzene rings is 2. The minimum atomic E-state index is -3.57. The molecule has 1 aliphatic heterocycles. The van der Waals surface area contributed by atoms with Gasteiger partial charge in [-0.2, -0.15) is 9.52 Å². The van der Waals surface area contributed by atoms with Crippen molar-refractivity contribution in [1.29, 1.82) is 0 Å². The van der Waals surface area contributed by atoms with Gasteiger partial charge in [-0.25, -0.2) is 8.42 Å². The molecule has 0 saturated heterocycles. The van der Waals surface area contributed by atoms with Crippen molar-refractivity contribution in [3.63, 3.8) is 0 Å². The summed E-state index contributed by atoms with van der Waals surface area (Å²) in [5, 5.41) is 4.43. The lowest BCUT2D eigenvalue weighted by Crippen LogP contribution is -2.26. The summed E-state index contributed by atoms with van der Waals surface area (Å²) in [4.78, 5) is 0. The summed E-state index contributed by atoms with van der Waals surface area (Å²) in [6.45, 7) is 2.39. The lowest BCUT2D eigenvalue weighted by Gasteiger charge is -2.23. The van der Waals surface area contributed by atoms with Crippen molar-refractivity contribution in [3.05, 3.63) is 53.6 Å². The lowest BCUT2D eigenvalue weighted by atomic mass is 9.98. The van der Waals surface area contributed by atoms with Crippen LogP contribution < -0.4 is 14.2 Å². The van der Waals surface area contributed by atoms with Crippen LogP contribution in [0.5, 0.6) is 17.2 Å². The molecule has 1 atom stereocenters. The number of sulfonamides is 1. The molecule has 1 unspecified atom stereocenters. The Balaban J connectivity index is 2.03. The van der Waals surface area contributed by atoms with Crippen LogP contribution in [0.15, 0.2) is 47.6 Å². The van der Waals surface area contributed by atoms with Crippen molar-refractivity contribution in [3.8, 4) is 17.2 Å². The van der Waals surface area contributed by atoms with Gasteiger partial charge in [0.05, 0.1) is 38.8 Å². The number of hydrogen-bond donors (Lipinski definition) is 0. The van der Waals surface area contributed by atoms with E-state index < -0.39 is 16.1 Å². The first kappa shape index (κ1) is 20.0. The highest BCUT2D eigenvalue weighted by Gasteiger charge is 2.36. The van der Waals surface area contributed by atoms with Gasteiger partial charge in [0, 0.05) is 17.5 Å². The molecule has 0 aromatic heterocycles.